The zero-order chi connectivity index (χ0) is 14.0. The van der Waals surface area contributed by atoms with Gasteiger partial charge < -0.3 is 0 Å². The first-order valence-corrected chi connectivity index (χ1v) is 6.61. The third kappa shape index (κ3) is 3.01. The van der Waals surface area contributed by atoms with E-state index < -0.39 is 22.8 Å². The summed E-state index contributed by atoms with van der Waals surface area (Å²) in [4.78, 5) is 12.2. The van der Waals surface area contributed by atoms with Gasteiger partial charge in [0.05, 0.1) is 5.56 Å². The molecular formula is C14H8BrClF2O. The number of hydrogen-bond acceptors (Lipinski definition) is 1. The molecule has 2 aromatic rings. The molecule has 0 saturated carbocycles. The Bertz CT molecular complexity index is 593. The van der Waals surface area contributed by atoms with Crippen LogP contribution in [0.4, 0.5) is 8.78 Å². The quantitative estimate of drug-likeness (QED) is 0.572. The minimum atomic E-state index is -1.06. The summed E-state index contributed by atoms with van der Waals surface area (Å²) in [5, 5.41) is -1.06. The van der Waals surface area contributed by atoms with Gasteiger partial charge in [-0.15, -0.1) is 11.6 Å². The third-order valence-corrected chi connectivity index (χ3v) is 3.71. The molecule has 0 bridgehead atoms. The van der Waals surface area contributed by atoms with Crippen molar-refractivity contribution in [3.8, 4) is 0 Å². The lowest BCUT2D eigenvalue weighted by Crippen LogP contribution is -2.10. The van der Waals surface area contributed by atoms with Crippen LogP contribution in [0.5, 0.6) is 0 Å². The Kier molecular flexibility index (Phi) is 4.32. The Morgan fingerprint density at radius 3 is 2.32 bits per heavy atom. The predicted octanol–water partition coefficient (Wildman–Crippen LogP) is 4.89. The first kappa shape index (κ1) is 14.2. The molecule has 2 aromatic carbocycles. The van der Waals surface area contributed by atoms with Crippen molar-refractivity contribution in [2.24, 2.45) is 0 Å². The van der Waals surface area contributed by atoms with Gasteiger partial charge in [-0.25, -0.2) is 8.78 Å². The number of rotatable bonds is 3. The van der Waals surface area contributed by atoms with Gasteiger partial charge >= 0.3 is 0 Å². The average molecular weight is 346 g/mol. The Morgan fingerprint density at radius 1 is 1.11 bits per heavy atom. The number of benzene rings is 2. The van der Waals surface area contributed by atoms with Crippen LogP contribution in [0.25, 0.3) is 0 Å². The van der Waals surface area contributed by atoms with E-state index in [4.69, 9.17) is 11.6 Å². The van der Waals surface area contributed by atoms with Crippen molar-refractivity contribution < 1.29 is 13.6 Å². The average Bonchev–Trinajstić information content (AvgIpc) is 2.38. The Balaban J connectivity index is 2.36. The van der Waals surface area contributed by atoms with Gasteiger partial charge in [0, 0.05) is 4.47 Å². The summed E-state index contributed by atoms with van der Waals surface area (Å²) in [6, 6.07) is 9.44. The van der Waals surface area contributed by atoms with Crippen molar-refractivity contribution in [1.82, 2.24) is 0 Å². The summed E-state index contributed by atoms with van der Waals surface area (Å²) in [5.41, 5.74) is 0.315. The summed E-state index contributed by atoms with van der Waals surface area (Å²) in [6.07, 6.45) is 0. The van der Waals surface area contributed by atoms with E-state index in [1.807, 2.05) is 0 Å². The largest absolute Gasteiger partial charge is 0.292 e. The fourth-order valence-electron chi connectivity index (χ4n) is 1.64. The summed E-state index contributed by atoms with van der Waals surface area (Å²) >= 11 is 9.15. The highest BCUT2D eigenvalue weighted by Crippen LogP contribution is 2.30. The molecule has 0 aliphatic rings. The first-order chi connectivity index (χ1) is 9.00. The standard InChI is InChI=1S/C14H8BrClF2O/c15-10-2-1-3-11(18)12(10)14(19)13(16)8-4-6-9(17)7-5-8/h1-7,13H. The van der Waals surface area contributed by atoms with Gasteiger partial charge in [0.25, 0.3) is 0 Å². The SMILES string of the molecule is O=C(c1c(F)cccc1Br)C(Cl)c1ccc(F)cc1. The van der Waals surface area contributed by atoms with Crippen LogP contribution < -0.4 is 0 Å². The highest BCUT2D eigenvalue weighted by atomic mass is 79.9. The number of hydrogen-bond donors (Lipinski definition) is 0. The van der Waals surface area contributed by atoms with Crippen molar-refractivity contribution in [3.63, 3.8) is 0 Å². The Labute approximate surface area is 122 Å². The molecular weight excluding hydrogens is 338 g/mol. The molecule has 1 unspecified atom stereocenters. The second-order valence-corrected chi connectivity index (χ2v) is 5.17. The van der Waals surface area contributed by atoms with Gasteiger partial charge in [0.15, 0.2) is 5.78 Å². The van der Waals surface area contributed by atoms with Crippen LogP contribution in [0, 0.1) is 11.6 Å². The second-order valence-electron chi connectivity index (χ2n) is 3.88. The van der Waals surface area contributed by atoms with E-state index in [0.29, 0.717) is 10.0 Å². The molecule has 2 rings (SSSR count). The fourth-order valence-corrected chi connectivity index (χ4v) is 2.44. The highest BCUT2D eigenvalue weighted by Gasteiger charge is 2.24. The maximum absolute atomic E-state index is 13.7. The molecule has 0 spiro atoms. The molecule has 0 N–H and O–H groups in total. The molecule has 0 amide bonds. The minimum absolute atomic E-state index is 0.105. The molecule has 19 heavy (non-hydrogen) atoms. The number of carbonyl (C=O) groups excluding carboxylic acids is 1. The fraction of sp³-hybridized carbons (Fsp3) is 0.0714. The Hall–Kier alpha value is -1.26. The van der Waals surface area contributed by atoms with Crippen LogP contribution in [0.3, 0.4) is 0 Å². The van der Waals surface area contributed by atoms with Crippen LogP contribution >= 0.6 is 27.5 Å². The van der Waals surface area contributed by atoms with Gasteiger partial charge in [-0.1, -0.05) is 18.2 Å². The van der Waals surface area contributed by atoms with Gasteiger partial charge in [-0.2, -0.15) is 0 Å². The van der Waals surface area contributed by atoms with Gasteiger partial charge in [0.2, 0.25) is 0 Å². The van der Waals surface area contributed by atoms with Crippen molar-refractivity contribution >= 4 is 33.3 Å². The van der Waals surface area contributed by atoms with E-state index in [-0.39, 0.29) is 5.56 Å². The molecule has 1 nitrogen and oxygen atoms in total. The normalized spacial score (nSPS) is 12.2. The smallest absolute Gasteiger partial charge is 0.189 e. The molecule has 1 atom stereocenters. The van der Waals surface area contributed by atoms with Gasteiger partial charge in [-0.05, 0) is 45.8 Å². The lowest BCUT2D eigenvalue weighted by atomic mass is 10.0. The molecule has 0 radical (unpaired) electrons. The lowest BCUT2D eigenvalue weighted by molar-refractivity contribution is 0.0982. The van der Waals surface area contributed by atoms with E-state index in [0.717, 1.165) is 0 Å². The van der Waals surface area contributed by atoms with E-state index >= 15 is 0 Å². The van der Waals surface area contributed by atoms with E-state index in [1.54, 1.807) is 6.07 Å². The number of Topliss-reactive ketones (excluding diaryl/α,β-unsaturated/α-hetero) is 1. The topological polar surface area (TPSA) is 17.1 Å². The van der Waals surface area contributed by atoms with Gasteiger partial charge in [0.1, 0.15) is 17.0 Å². The van der Waals surface area contributed by atoms with Crippen molar-refractivity contribution in [1.29, 1.82) is 0 Å². The molecule has 0 heterocycles. The molecule has 5 heteroatoms. The first-order valence-electron chi connectivity index (χ1n) is 5.38. The molecule has 0 aromatic heterocycles. The van der Waals surface area contributed by atoms with Gasteiger partial charge in [-0.3, -0.25) is 4.79 Å². The number of ketones is 1. The van der Waals surface area contributed by atoms with Crippen molar-refractivity contribution in [3.05, 3.63) is 69.7 Å². The zero-order valence-corrected chi connectivity index (χ0v) is 11.9. The second kappa shape index (κ2) is 5.80. The lowest BCUT2D eigenvalue weighted by Gasteiger charge is -2.11. The molecule has 0 aliphatic heterocycles. The molecule has 98 valence electrons. The molecule has 0 aliphatic carbocycles. The summed E-state index contributed by atoms with van der Waals surface area (Å²) < 4.78 is 26.8. The number of halogens is 4. The van der Waals surface area contributed by atoms with Crippen molar-refractivity contribution in [2.45, 2.75) is 5.38 Å². The third-order valence-electron chi connectivity index (χ3n) is 2.60. The summed E-state index contributed by atoms with van der Waals surface area (Å²) in [6.45, 7) is 0. The van der Waals surface area contributed by atoms with E-state index in [1.165, 1.54) is 36.4 Å². The predicted molar refractivity (Wildman–Crippen MR) is 73.4 cm³/mol. The minimum Gasteiger partial charge on any atom is -0.292 e. The van der Waals surface area contributed by atoms with E-state index in [9.17, 15) is 13.6 Å². The van der Waals surface area contributed by atoms with Crippen LogP contribution in [0.2, 0.25) is 0 Å². The summed E-state index contributed by atoms with van der Waals surface area (Å²) in [7, 11) is 0. The maximum atomic E-state index is 13.7. The van der Waals surface area contributed by atoms with E-state index in [2.05, 4.69) is 15.9 Å². The summed E-state index contributed by atoms with van der Waals surface area (Å²) in [5.74, 6) is -1.64. The zero-order valence-electron chi connectivity index (χ0n) is 9.54. The highest BCUT2D eigenvalue weighted by molar-refractivity contribution is 9.10. The molecule has 0 saturated heterocycles. The van der Waals surface area contributed by atoms with Crippen LogP contribution in [0.15, 0.2) is 46.9 Å². The Morgan fingerprint density at radius 2 is 1.74 bits per heavy atom. The maximum Gasteiger partial charge on any atom is 0.189 e. The van der Waals surface area contributed by atoms with Crippen LogP contribution in [-0.4, -0.2) is 5.78 Å². The monoisotopic (exact) mass is 344 g/mol. The van der Waals surface area contributed by atoms with Crippen molar-refractivity contribution in [2.75, 3.05) is 0 Å². The number of alkyl halides is 1. The van der Waals surface area contributed by atoms with Crippen LogP contribution in [-0.2, 0) is 0 Å². The van der Waals surface area contributed by atoms with Crippen LogP contribution in [0.1, 0.15) is 21.3 Å². The number of carbonyl (C=O) groups is 1. The molecule has 0 fully saturated rings.